The molecule has 0 aromatic carbocycles. The molecule has 2 aliphatic heterocycles. The van der Waals surface area contributed by atoms with Crippen molar-refractivity contribution in [3.05, 3.63) is 0 Å². The Morgan fingerprint density at radius 1 is 1.37 bits per heavy atom. The van der Waals surface area contributed by atoms with E-state index < -0.39 is 0 Å². The molecule has 0 bridgehead atoms. The third kappa shape index (κ3) is 3.93. The normalized spacial score (nSPS) is 34.1. The van der Waals surface area contributed by atoms with Gasteiger partial charge in [-0.25, -0.2) is 0 Å². The Labute approximate surface area is 119 Å². The van der Waals surface area contributed by atoms with Gasteiger partial charge in [0.1, 0.15) is 0 Å². The fraction of sp³-hybridized carbons (Fsp3) is 1.00. The Kier molecular flexibility index (Phi) is 5.27. The Morgan fingerprint density at radius 2 is 2.05 bits per heavy atom. The van der Waals surface area contributed by atoms with Crippen molar-refractivity contribution in [1.82, 2.24) is 10.2 Å². The van der Waals surface area contributed by atoms with Gasteiger partial charge in [-0.2, -0.15) is 0 Å². The number of piperazine rings is 1. The van der Waals surface area contributed by atoms with E-state index in [-0.39, 0.29) is 0 Å². The molecule has 3 atom stereocenters. The highest BCUT2D eigenvalue weighted by Crippen LogP contribution is 2.32. The Bertz CT molecular complexity index is 276. The molecule has 2 heterocycles. The van der Waals surface area contributed by atoms with Crippen molar-refractivity contribution in [2.24, 2.45) is 11.3 Å². The van der Waals surface area contributed by atoms with Crippen molar-refractivity contribution < 1.29 is 4.74 Å². The molecule has 2 saturated heterocycles. The number of nitrogens with one attached hydrogen (secondary N) is 1. The molecule has 0 spiro atoms. The van der Waals surface area contributed by atoms with Crippen LogP contribution in [0.3, 0.4) is 0 Å². The highest BCUT2D eigenvalue weighted by molar-refractivity contribution is 4.90. The van der Waals surface area contributed by atoms with E-state index in [0.29, 0.717) is 17.5 Å². The summed E-state index contributed by atoms with van der Waals surface area (Å²) in [5, 5.41) is 3.73. The lowest BCUT2D eigenvalue weighted by molar-refractivity contribution is -0.0109. The molecule has 0 radical (unpaired) electrons. The SMILES string of the molecule is CCC(C)C1CN(CC2(C)CCOCC2)C(C)CN1. The highest BCUT2D eigenvalue weighted by atomic mass is 16.5. The van der Waals surface area contributed by atoms with Gasteiger partial charge in [0, 0.05) is 44.9 Å². The molecule has 0 aromatic heterocycles. The Hall–Kier alpha value is -0.120. The maximum Gasteiger partial charge on any atom is 0.0471 e. The fourth-order valence-electron chi connectivity index (χ4n) is 3.35. The molecular weight excluding hydrogens is 236 g/mol. The largest absolute Gasteiger partial charge is 0.381 e. The molecule has 2 aliphatic rings. The van der Waals surface area contributed by atoms with Gasteiger partial charge in [0.2, 0.25) is 0 Å². The molecular formula is C16H32N2O. The highest BCUT2D eigenvalue weighted by Gasteiger charge is 2.34. The summed E-state index contributed by atoms with van der Waals surface area (Å²) < 4.78 is 5.53. The number of ether oxygens (including phenoxy) is 1. The summed E-state index contributed by atoms with van der Waals surface area (Å²) >= 11 is 0. The van der Waals surface area contributed by atoms with Crippen molar-refractivity contribution in [1.29, 1.82) is 0 Å². The zero-order valence-corrected chi connectivity index (χ0v) is 13.2. The maximum atomic E-state index is 5.53. The van der Waals surface area contributed by atoms with E-state index in [1.54, 1.807) is 0 Å². The van der Waals surface area contributed by atoms with Gasteiger partial charge < -0.3 is 10.1 Å². The second-order valence-corrected chi connectivity index (χ2v) is 7.10. The van der Waals surface area contributed by atoms with Gasteiger partial charge in [-0.05, 0) is 31.1 Å². The molecule has 0 saturated carbocycles. The summed E-state index contributed by atoms with van der Waals surface area (Å²) in [6, 6.07) is 1.34. The standard InChI is InChI=1S/C16H32N2O/c1-5-13(2)15-11-18(14(3)10-17-15)12-16(4)6-8-19-9-7-16/h13-15,17H,5-12H2,1-4H3. The van der Waals surface area contributed by atoms with Crippen LogP contribution in [0.5, 0.6) is 0 Å². The zero-order valence-electron chi connectivity index (χ0n) is 13.2. The van der Waals surface area contributed by atoms with Crippen molar-refractivity contribution in [2.75, 3.05) is 32.8 Å². The van der Waals surface area contributed by atoms with Gasteiger partial charge in [-0.1, -0.05) is 27.2 Å². The smallest absolute Gasteiger partial charge is 0.0471 e. The van der Waals surface area contributed by atoms with Gasteiger partial charge >= 0.3 is 0 Å². The van der Waals surface area contributed by atoms with E-state index in [1.807, 2.05) is 0 Å². The fourth-order valence-corrected chi connectivity index (χ4v) is 3.35. The number of hydrogen-bond donors (Lipinski definition) is 1. The van der Waals surface area contributed by atoms with Crippen LogP contribution in [0.4, 0.5) is 0 Å². The van der Waals surface area contributed by atoms with E-state index in [2.05, 4.69) is 37.9 Å². The van der Waals surface area contributed by atoms with E-state index >= 15 is 0 Å². The number of nitrogens with zero attached hydrogens (tertiary/aromatic N) is 1. The molecule has 0 aromatic rings. The van der Waals surface area contributed by atoms with Crippen LogP contribution in [0.2, 0.25) is 0 Å². The first-order valence-electron chi connectivity index (χ1n) is 8.09. The minimum Gasteiger partial charge on any atom is -0.381 e. The van der Waals surface area contributed by atoms with Crippen LogP contribution in [0.1, 0.15) is 47.0 Å². The Balaban J connectivity index is 1.93. The molecule has 3 heteroatoms. The minimum absolute atomic E-state index is 0.462. The first-order valence-corrected chi connectivity index (χ1v) is 8.09. The van der Waals surface area contributed by atoms with E-state index in [1.165, 1.54) is 32.4 Å². The molecule has 3 unspecified atom stereocenters. The van der Waals surface area contributed by atoms with Crippen LogP contribution in [0, 0.1) is 11.3 Å². The minimum atomic E-state index is 0.462. The molecule has 0 aliphatic carbocycles. The predicted octanol–water partition coefficient (Wildman–Crippen LogP) is 2.51. The molecule has 2 fully saturated rings. The van der Waals surface area contributed by atoms with Crippen molar-refractivity contribution >= 4 is 0 Å². The monoisotopic (exact) mass is 268 g/mol. The topological polar surface area (TPSA) is 24.5 Å². The van der Waals surface area contributed by atoms with Gasteiger partial charge in [0.25, 0.3) is 0 Å². The maximum absolute atomic E-state index is 5.53. The predicted molar refractivity (Wildman–Crippen MR) is 80.4 cm³/mol. The first-order chi connectivity index (χ1) is 9.04. The van der Waals surface area contributed by atoms with Crippen molar-refractivity contribution in [3.63, 3.8) is 0 Å². The van der Waals surface area contributed by atoms with E-state index in [9.17, 15) is 0 Å². The molecule has 19 heavy (non-hydrogen) atoms. The van der Waals surface area contributed by atoms with Gasteiger partial charge in [0.05, 0.1) is 0 Å². The molecule has 1 N–H and O–H groups in total. The van der Waals surface area contributed by atoms with Gasteiger partial charge in [-0.3, -0.25) is 4.90 Å². The van der Waals surface area contributed by atoms with Gasteiger partial charge in [0.15, 0.2) is 0 Å². The van der Waals surface area contributed by atoms with Crippen LogP contribution in [0.25, 0.3) is 0 Å². The van der Waals surface area contributed by atoms with Gasteiger partial charge in [-0.15, -0.1) is 0 Å². The number of hydrogen-bond acceptors (Lipinski definition) is 3. The lowest BCUT2D eigenvalue weighted by Gasteiger charge is -2.46. The van der Waals surface area contributed by atoms with Crippen LogP contribution in [0.15, 0.2) is 0 Å². The first kappa shape index (κ1) is 15.3. The summed E-state index contributed by atoms with van der Waals surface area (Å²) in [5.74, 6) is 0.775. The second-order valence-electron chi connectivity index (χ2n) is 7.10. The van der Waals surface area contributed by atoms with E-state index in [4.69, 9.17) is 4.74 Å². The summed E-state index contributed by atoms with van der Waals surface area (Å²) in [6.45, 7) is 15.0. The quantitative estimate of drug-likeness (QED) is 0.848. The number of rotatable bonds is 4. The lowest BCUT2D eigenvalue weighted by Crippen LogP contribution is -2.59. The molecule has 3 nitrogen and oxygen atoms in total. The second kappa shape index (κ2) is 6.55. The van der Waals surface area contributed by atoms with E-state index in [0.717, 1.165) is 25.7 Å². The van der Waals surface area contributed by atoms with Crippen LogP contribution in [-0.2, 0) is 4.74 Å². The third-order valence-corrected chi connectivity index (χ3v) is 5.35. The molecule has 2 rings (SSSR count). The lowest BCUT2D eigenvalue weighted by atomic mass is 9.81. The summed E-state index contributed by atoms with van der Waals surface area (Å²) in [4.78, 5) is 2.72. The molecule has 0 amide bonds. The Morgan fingerprint density at radius 3 is 2.68 bits per heavy atom. The average Bonchev–Trinajstić information content (AvgIpc) is 2.41. The third-order valence-electron chi connectivity index (χ3n) is 5.35. The average molecular weight is 268 g/mol. The van der Waals surface area contributed by atoms with Crippen LogP contribution < -0.4 is 5.32 Å². The molecule has 112 valence electrons. The van der Waals surface area contributed by atoms with Crippen molar-refractivity contribution in [2.45, 2.75) is 59.0 Å². The summed E-state index contributed by atoms with van der Waals surface area (Å²) in [5.41, 5.74) is 0.462. The zero-order chi connectivity index (χ0) is 13.9. The van der Waals surface area contributed by atoms with Crippen LogP contribution >= 0.6 is 0 Å². The van der Waals surface area contributed by atoms with Crippen LogP contribution in [-0.4, -0.2) is 49.8 Å². The van der Waals surface area contributed by atoms with Crippen molar-refractivity contribution in [3.8, 4) is 0 Å². The summed E-state index contributed by atoms with van der Waals surface area (Å²) in [6.07, 6.45) is 3.71. The summed E-state index contributed by atoms with van der Waals surface area (Å²) in [7, 11) is 0.